The summed E-state index contributed by atoms with van der Waals surface area (Å²) in [4.78, 5) is 12.2. The van der Waals surface area contributed by atoms with E-state index in [9.17, 15) is 13.6 Å². The van der Waals surface area contributed by atoms with E-state index in [1.807, 2.05) is 30.5 Å². The third kappa shape index (κ3) is 6.80. The molecule has 9 heteroatoms. The predicted octanol–water partition coefficient (Wildman–Crippen LogP) is 4.89. The maximum Gasteiger partial charge on any atom is 0.311 e. The number of anilines is 1. The number of rotatable bonds is 11. The molecule has 0 spiro atoms. The third-order valence-electron chi connectivity index (χ3n) is 5.07. The van der Waals surface area contributed by atoms with E-state index in [4.69, 9.17) is 16.3 Å². The Morgan fingerprint density at radius 2 is 2.00 bits per heavy atom. The van der Waals surface area contributed by atoms with Gasteiger partial charge in [0.1, 0.15) is 12.5 Å². The van der Waals surface area contributed by atoms with Crippen molar-refractivity contribution in [1.82, 2.24) is 4.57 Å². The molecule has 3 rings (SSSR count). The lowest BCUT2D eigenvalue weighted by Gasteiger charge is -2.17. The monoisotopic (exact) mass is 463 g/mol. The maximum atomic E-state index is 12.2. The molecule has 0 bridgehead atoms. The third-order valence-corrected chi connectivity index (χ3v) is 5.63. The van der Waals surface area contributed by atoms with Gasteiger partial charge in [0.15, 0.2) is 0 Å². The first kappa shape index (κ1) is 23.3. The SMILES string of the molecule is CCC(CCC(=O)Oc1ccc(Cl)cc1)Cn1ccc2c(NCOS(=O)[O-])cccc21. The molecule has 0 aliphatic rings. The van der Waals surface area contributed by atoms with Crippen LogP contribution in [-0.4, -0.2) is 26.0 Å². The zero-order valence-electron chi connectivity index (χ0n) is 17.1. The maximum absolute atomic E-state index is 12.2. The first-order valence-corrected chi connectivity index (χ1v) is 11.3. The summed E-state index contributed by atoms with van der Waals surface area (Å²) in [5.41, 5.74) is 1.82. The van der Waals surface area contributed by atoms with E-state index >= 15 is 0 Å². The molecule has 1 heterocycles. The van der Waals surface area contributed by atoms with Crippen molar-refractivity contribution >= 4 is 45.5 Å². The minimum absolute atomic E-state index is 0.131. The molecule has 0 radical (unpaired) electrons. The largest absolute Gasteiger partial charge is 0.750 e. The lowest BCUT2D eigenvalue weighted by molar-refractivity contribution is -0.134. The normalized spacial score (nSPS) is 13.1. The topological polar surface area (TPSA) is 92.6 Å². The Morgan fingerprint density at radius 1 is 1.23 bits per heavy atom. The molecule has 0 aliphatic carbocycles. The zero-order valence-corrected chi connectivity index (χ0v) is 18.7. The van der Waals surface area contributed by atoms with Crippen LogP contribution in [-0.2, 0) is 26.9 Å². The first-order valence-electron chi connectivity index (χ1n) is 9.96. The lowest BCUT2D eigenvalue weighted by Crippen LogP contribution is -2.14. The number of benzene rings is 2. The Balaban J connectivity index is 1.58. The van der Waals surface area contributed by atoms with Gasteiger partial charge in [-0.05, 0) is 54.8 Å². The van der Waals surface area contributed by atoms with Crippen LogP contribution in [0, 0.1) is 5.92 Å². The van der Waals surface area contributed by atoms with Crippen LogP contribution in [0.4, 0.5) is 5.69 Å². The number of carbonyl (C=O) groups excluding carboxylic acids is 1. The van der Waals surface area contributed by atoms with Crippen LogP contribution in [0.2, 0.25) is 5.02 Å². The minimum Gasteiger partial charge on any atom is -0.750 e. The summed E-state index contributed by atoms with van der Waals surface area (Å²) in [5, 5.41) is 4.53. The highest BCUT2D eigenvalue weighted by Crippen LogP contribution is 2.26. The van der Waals surface area contributed by atoms with Crippen LogP contribution in [0.1, 0.15) is 26.2 Å². The molecule has 0 saturated carbocycles. The van der Waals surface area contributed by atoms with Crippen LogP contribution in [0.5, 0.6) is 5.75 Å². The second-order valence-corrected chi connectivity index (χ2v) is 8.17. The number of hydrogen-bond acceptors (Lipinski definition) is 6. The van der Waals surface area contributed by atoms with Crippen LogP contribution in [0.3, 0.4) is 0 Å². The number of nitrogens with one attached hydrogen (secondary N) is 1. The second-order valence-electron chi connectivity index (χ2n) is 7.09. The van der Waals surface area contributed by atoms with Crippen molar-refractivity contribution in [1.29, 1.82) is 0 Å². The number of esters is 1. The molecule has 2 aromatic carbocycles. The van der Waals surface area contributed by atoms with E-state index in [1.165, 1.54) is 0 Å². The summed E-state index contributed by atoms with van der Waals surface area (Å²) >= 11 is 3.29. The van der Waals surface area contributed by atoms with Crippen LogP contribution in [0.15, 0.2) is 54.7 Å². The van der Waals surface area contributed by atoms with Crippen LogP contribution >= 0.6 is 11.6 Å². The molecule has 2 atom stereocenters. The second kappa shape index (κ2) is 11.3. The molecule has 166 valence electrons. The van der Waals surface area contributed by atoms with Gasteiger partial charge in [-0.15, -0.1) is 0 Å². The molecule has 0 fully saturated rings. The highest BCUT2D eigenvalue weighted by atomic mass is 35.5. The van der Waals surface area contributed by atoms with Crippen LogP contribution < -0.4 is 10.1 Å². The van der Waals surface area contributed by atoms with E-state index in [-0.39, 0.29) is 12.7 Å². The average Bonchev–Trinajstić information content (AvgIpc) is 3.16. The number of nitrogens with zero attached hydrogens (tertiary/aromatic N) is 1. The van der Waals surface area contributed by atoms with Crippen molar-refractivity contribution in [2.75, 3.05) is 12.0 Å². The number of carbonyl (C=O) groups is 1. The molecular weight excluding hydrogens is 440 g/mol. The van der Waals surface area contributed by atoms with Gasteiger partial charge in [0, 0.05) is 35.3 Å². The fourth-order valence-corrected chi connectivity index (χ4v) is 3.68. The van der Waals surface area contributed by atoms with Gasteiger partial charge in [0.2, 0.25) is 0 Å². The zero-order chi connectivity index (χ0) is 22.2. The average molecular weight is 464 g/mol. The van der Waals surface area contributed by atoms with Gasteiger partial charge in [-0.25, -0.2) is 4.21 Å². The fourth-order valence-electron chi connectivity index (χ4n) is 3.40. The fraction of sp³-hybridized carbons (Fsp3) is 0.318. The molecule has 1 aromatic heterocycles. The molecule has 2 unspecified atom stereocenters. The van der Waals surface area contributed by atoms with Gasteiger partial charge in [0.25, 0.3) is 0 Å². The number of hydrogen-bond donors (Lipinski definition) is 1. The van der Waals surface area contributed by atoms with E-state index in [1.54, 1.807) is 24.3 Å². The summed E-state index contributed by atoms with van der Waals surface area (Å²) in [5.74, 6) is 0.528. The lowest BCUT2D eigenvalue weighted by atomic mass is 10.00. The molecule has 3 aromatic rings. The molecule has 0 saturated heterocycles. The standard InChI is InChI=1S/C22H25ClN2O5S/c1-2-16(6-11-22(26)30-18-9-7-17(23)8-10-18)14-25-13-12-19-20(4-3-5-21(19)25)24-15-29-31(27)28/h3-5,7-10,12-13,16,24H,2,6,11,14-15H2,1H3,(H,27,28)/p-1. The summed E-state index contributed by atoms with van der Waals surface area (Å²) in [6, 6.07) is 14.5. The highest BCUT2D eigenvalue weighted by Gasteiger charge is 2.14. The van der Waals surface area contributed by atoms with Gasteiger partial charge in [-0.2, -0.15) is 0 Å². The predicted molar refractivity (Wildman–Crippen MR) is 121 cm³/mol. The molecular formula is C22H24ClN2O5S-. The first-order chi connectivity index (χ1) is 15.0. The Labute approximate surface area is 188 Å². The van der Waals surface area contributed by atoms with Gasteiger partial charge in [-0.3, -0.25) is 8.98 Å². The summed E-state index contributed by atoms with van der Waals surface area (Å²) in [6.45, 7) is 2.74. The summed E-state index contributed by atoms with van der Waals surface area (Å²) in [7, 11) is 0. The van der Waals surface area contributed by atoms with E-state index in [2.05, 4.69) is 21.0 Å². The van der Waals surface area contributed by atoms with Gasteiger partial charge < -0.3 is 19.2 Å². The summed E-state index contributed by atoms with van der Waals surface area (Å²) < 4.78 is 33.1. The van der Waals surface area contributed by atoms with Crippen molar-refractivity contribution < 1.29 is 22.5 Å². The van der Waals surface area contributed by atoms with E-state index in [0.29, 0.717) is 29.5 Å². The van der Waals surface area contributed by atoms with Gasteiger partial charge >= 0.3 is 5.97 Å². The highest BCUT2D eigenvalue weighted by molar-refractivity contribution is 7.74. The minimum atomic E-state index is -2.56. The van der Waals surface area contributed by atoms with Crippen LogP contribution in [0.25, 0.3) is 10.9 Å². The molecule has 7 nitrogen and oxygen atoms in total. The number of halogens is 1. The Bertz CT molecular complexity index is 1040. The molecule has 0 amide bonds. The number of fused-ring (bicyclic) bond motifs is 1. The van der Waals surface area contributed by atoms with Crippen molar-refractivity contribution in [3.05, 3.63) is 59.8 Å². The van der Waals surface area contributed by atoms with E-state index in [0.717, 1.165) is 29.6 Å². The number of ether oxygens (including phenoxy) is 1. The summed E-state index contributed by atoms with van der Waals surface area (Å²) in [6.07, 6.45) is 3.96. The van der Waals surface area contributed by atoms with Crippen molar-refractivity contribution in [2.45, 2.75) is 32.7 Å². The van der Waals surface area contributed by atoms with Crippen molar-refractivity contribution in [3.8, 4) is 5.75 Å². The van der Waals surface area contributed by atoms with E-state index < -0.39 is 11.4 Å². The van der Waals surface area contributed by atoms with Crippen molar-refractivity contribution in [2.24, 2.45) is 5.92 Å². The Hall–Kier alpha value is -2.39. The number of aromatic nitrogens is 1. The van der Waals surface area contributed by atoms with Crippen molar-refractivity contribution in [3.63, 3.8) is 0 Å². The Kier molecular flexibility index (Phi) is 8.48. The molecule has 0 aliphatic heterocycles. The molecule has 1 N–H and O–H groups in total. The van der Waals surface area contributed by atoms with Gasteiger partial charge in [-0.1, -0.05) is 31.0 Å². The Morgan fingerprint density at radius 3 is 2.71 bits per heavy atom. The molecule has 31 heavy (non-hydrogen) atoms. The quantitative estimate of drug-likeness (QED) is 0.188. The van der Waals surface area contributed by atoms with Gasteiger partial charge in [0.05, 0.1) is 16.9 Å². The smallest absolute Gasteiger partial charge is 0.311 e.